The Balaban J connectivity index is 1.00. The molecule has 0 aromatic heterocycles. The molecule has 0 aromatic rings. The van der Waals surface area contributed by atoms with Gasteiger partial charge in [-0.1, -0.05) is 31.1 Å². The summed E-state index contributed by atoms with van der Waals surface area (Å²) in [7, 11) is 13.5. The van der Waals surface area contributed by atoms with Crippen molar-refractivity contribution in [2.45, 2.75) is 474 Å². The van der Waals surface area contributed by atoms with Crippen molar-refractivity contribution in [1.29, 1.82) is 0 Å². The van der Waals surface area contributed by atoms with E-state index in [1.165, 1.54) is 0 Å². The second-order valence-electron chi connectivity index (χ2n) is 49.0. The fourth-order valence-corrected chi connectivity index (χ4v) is 24.2. The first-order valence-electron chi connectivity index (χ1n) is 46.0. The summed E-state index contributed by atoms with van der Waals surface area (Å²) in [5.74, 6) is 4.34. The summed E-state index contributed by atoms with van der Waals surface area (Å²) in [6, 6.07) is 0.204. The van der Waals surface area contributed by atoms with E-state index < -0.39 is 0 Å². The van der Waals surface area contributed by atoms with E-state index in [4.69, 9.17) is 44.0 Å². The zero-order valence-electron chi connectivity index (χ0n) is 82.6. The Kier molecular flexibility index (Phi) is 26.3. The lowest BCUT2D eigenvalue weighted by Gasteiger charge is -2.54. The van der Waals surface area contributed by atoms with Gasteiger partial charge in [-0.05, 0) is 341 Å². The fourth-order valence-electron chi connectivity index (χ4n) is 24.2. The van der Waals surface area contributed by atoms with Crippen LogP contribution >= 0.6 is 0 Å². The number of piperidine rings is 8. The average Bonchev–Trinajstić information content (AvgIpc) is 0.779. The second kappa shape index (κ2) is 33.0. The van der Waals surface area contributed by atoms with Crippen LogP contribution in [0.3, 0.4) is 0 Å². The maximum absolute atomic E-state index is 7.40. The van der Waals surface area contributed by atoms with Gasteiger partial charge in [0.25, 0.3) is 0 Å². The third-order valence-corrected chi connectivity index (χ3v) is 31.0. The first-order valence-corrected chi connectivity index (χ1v) is 46.0. The minimum atomic E-state index is -0.185. The van der Waals surface area contributed by atoms with Gasteiger partial charge in [0, 0.05) is 184 Å². The molecule has 11 aliphatic heterocycles. The molecule has 5 N–H and O–H groups in total. The van der Waals surface area contributed by atoms with Crippen molar-refractivity contribution in [3.05, 3.63) is 35.7 Å². The Labute approximate surface area is 723 Å². The maximum atomic E-state index is 7.40. The van der Waals surface area contributed by atoms with Gasteiger partial charge in [-0.3, -0.25) is 29.4 Å². The molecule has 8 saturated heterocycles. The molecule has 0 unspecified atom stereocenters. The van der Waals surface area contributed by atoms with Gasteiger partial charge in [0.05, 0.1) is 18.3 Å². The van der Waals surface area contributed by atoms with Crippen LogP contribution in [0.25, 0.3) is 0 Å². The molecule has 11 rings (SSSR count). The van der Waals surface area contributed by atoms with Crippen LogP contribution in [0.15, 0.2) is 51.0 Å². The van der Waals surface area contributed by atoms with Crippen LogP contribution in [-0.2, 0) is 28.7 Å². The summed E-state index contributed by atoms with van der Waals surface area (Å²) >= 11 is 0. The number of nitrogens with zero attached hydrogens (tertiary/aromatic N) is 15. The monoisotopic (exact) mass is 1670 g/mol. The predicted octanol–water partition coefficient (Wildman–Crippen LogP) is 15.0. The number of ether oxygens (including phenoxy) is 3. The SMILES string of the molecule is CN1C(C)(C)CC(OC2=NN(OC3CC(C)(C)N(C)C(C)(C)C3)NC(N(CCCN(C3=CC(OC4CC(C)(C)N(C)C(C)(C)C4)=NN(OC4CC(C)(C)N(C)C(C)(C)C4)N3)C3CC(C)(C)NC(C)(C)C3)CCCN(C3=CC(OC4CC(C)(C)N(C)C(C)(C)C4)=NN(OC4CC(C)(C)N(C)C(C)(C)C4)N3)C3CC(C)(C)NC(C)(C)C3)=C2)CC1(C)C. The van der Waals surface area contributed by atoms with Crippen molar-refractivity contribution >= 4 is 17.7 Å². The highest BCUT2D eigenvalue weighted by atomic mass is 16.8. The number of hydrogen-bond donors (Lipinski definition) is 5. The number of hydrogen-bond acceptors (Lipinski definition) is 26. The summed E-state index contributed by atoms with van der Waals surface area (Å²) in [6.07, 6.45) is 21.0. The first-order chi connectivity index (χ1) is 54.1. The predicted molar refractivity (Wildman–Crippen MR) is 484 cm³/mol. The van der Waals surface area contributed by atoms with E-state index in [1.54, 1.807) is 15.8 Å². The molecule has 11 aliphatic rings. The third kappa shape index (κ3) is 22.3. The number of rotatable bonds is 22. The lowest BCUT2D eigenvalue weighted by Crippen LogP contribution is -2.63. The van der Waals surface area contributed by atoms with Crippen LogP contribution in [0.4, 0.5) is 0 Å². The molecule has 682 valence electrons. The van der Waals surface area contributed by atoms with Gasteiger partial charge in [0.15, 0.2) is 0 Å². The summed E-state index contributed by atoms with van der Waals surface area (Å²) < 4.78 is 22.1. The van der Waals surface area contributed by atoms with Crippen LogP contribution in [0.1, 0.15) is 337 Å². The number of hydrazone groups is 3. The topological polar surface area (TPSA) is 191 Å². The molecule has 0 amide bonds. The number of nitrogens with one attached hydrogen (secondary N) is 5. The van der Waals surface area contributed by atoms with Crippen molar-refractivity contribution in [2.75, 3.05) is 68.5 Å². The van der Waals surface area contributed by atoms with Crippen LogP contribution < -0.4 is 26.9 Å². The Morgan fingerprint density at radius 3 is 0.689 bits per heavy atom. The van der Waals surface area contributed by atoms with E-state index in [-0.39, 0.29) is 137 Å². The van der Waals surface area contributed by atoms with Crippen molar-refractivity contribution in [3.63, 3.8) is 0 Å². The van der Waals surface area contributed by atoms with Crippen molar-refractivity contribution in [2.24, 2.45) is 15.3 Å². The minimum Gasteiger partial charge on any atom is -0.473 e. The second-order valence-corrected chi connectivity index (χ2v) is 49.0. The third-order valence-electron chi connectivity index (χ3n) is 31.0. The van der Waals surface area contributed by atoms with Gasteiger partial charge in [-0.2, -0.15) is 0 Å². The minimum absolute atomic E-state index is 0.0854. The Morgan fingerprint density at radius 2 is 0.471 bits per heavy atom. The summed E-state index contributed by atoms with van der Waals surface area (Å²) in [5.41, 5.74) is 9.39. The van der Waals surface area contributed by atoms with E-state index in [0.29, 0.717) is 43.9 Å². The highest BCUT2D eigenvalue weighted by molar-refractivity contribution is 5.89. The Morgan fingerprint density at radius 1 is 0.277 bits per heavy atom. The van der Waals surface area contributed by atoms with E-state index in [2.05, 4.69) is 353 Å². The van der Waals surface area contributed by atoms with Gasteiger partial charge in [-0.25, -0.2) is 30.8 Å². The molecule has 0 radical (unpaired) electrons. The number of likely N-dealkylation sites (tertiary alicyclic amines) is 6. The Hall–Kier alpha value is -4.61. The van der Waals surface area contributed by atoms with Crippen molar-refractivity contribution < 1.29 is 28.7 Å². The fraction of sp³-hybridized carbons (Fsp3) is 0.903. The zero-order chi connectivity index (χ0) is 88.6. The molecule has 0 atom stereocenters. The number of hydrazine groups is 3. The van der Waals surface area contributed by atoms with Gasteiger partial charge in [-0.15, -0.1) is 0 Å². The van der Waals surface area contributed by atoms with Crippen molar-refractivity contribution in [3.8, 4) is 0 Å². The van der Waals surface area contributed by atoms with E-state index in [0.717, 1.165) is 133 Å². The molecule has 26 heteroatoms. The molecule has 0 spiro atoms. The molecule has 0 aromatic carbocycles. The standard InChI is InChI=1S/C93H174N20O6/c1-78(2)48-64(49-79(3,4)100-78)109(73-46-76(115-67-54-84(13,14)103(34)85(15,16)55-67)98-112(95-73)118-70-60-90(25,26)106(37)91(27,28)61-70)43-39-41-108(72-45-75(114-66-52-82(9,10)102(33)83(11,12)53-66)97-111(94-72)117-69-58-88(21,22)105(36)89(23,24)59-69)42-40-44-110(65-50-80(5,6)101-81(7,8)51-65)74-47-77(116-68-56-86(17,18)104(35)87(19,20)57-68)99-113(96-74)119-71-62-92(29,30)107(38)93(31,32)63-71/h45-47,64-71,94-96,100-101H,39-44,48-63H2,1-38H3. The summed E-state index contributed by atoms with van der Waals surface area (Å²) in [6.45, 7) is 77.8. The molecule has 0 bridgehead atoms. The lowest BCUT2D eigenvalue weighted by atomic mass is 9.78. The largest absolute Gasteiger partial charge is 0.473 e. The van der Waals surface area contributed by atoms with Crippen LogP contribution in [0, 0.1) is 0 Å². The van der Waals surface area contributed by atoms with Crippen molar-refractivity contribution in [1.82, 2.24) is 86.9 Å². The molecule has 11 heterocycles. The molecule has 8 fully saturated rings. The zero-order valence-corrected chi connectivity index (χ0v) is 82.6. The molecular formula is C93H174N20O6. The molecule has 0 saturated carbocycles. The molecule has 0 aliphatic carbocycles. The van der Waals surface area contributed by atoms with Gasteiger partial charge >= 0.3 is 0 Å². The molecule has 26 nitrogen and oxygen atoms in total. The maximum Gasteiger partial charge on any atom is 0.239 e. The average molecular weight is 1670 g/mol. The van der Waals surface area contributed by atoms with Crippen LogP contribution in [0.2, 0.25) is 0 Å². The normalized spacial score (nSPS) is 29.3. The van der Waals surface area contributed by atoms with Crippen LogP contribution in [-0.4, -0.2) is 283 Å². The van der Waals surface area contributed by atoms with Gasteiger partial charge < -0.3 is 39.5 Å². The quantitative estimate of drug-likeness (QED) is 0.0687. The van der Waals surface area contributed by atoms with E-state index >= 15 is 0 Å². The van der Waals surface area contributed by atoms with E-state index in [9.17, 15) is 0 Å². The molecule has 119 heavy (non-hydrogen) atoms. The first kappa shape index (κ1) is 95.1. The lowest BCUT2D eigenvalue weighted by molar-refractivity contribution is -0.256. The van der Waals surface area contributed by atoms with Gasteiger partial charge in [0.2, 0.25) is 17.7 Å². The Bertz CT molecular complexity index is 3440. The highest BCUT2D eigenvalue weighted by Crippen LogP contribution is 2.47. The van der Waals surface area contributed by atoms with Crippen LogP contribution in [0.5, 0.6) is 0 Å². The summed E-state index contributed by atoms with van der Waals surface area (Å²) in [5, 5.41) is 29.1. The smallest absolute Gasteiger partial charge is 0.239 e. The van der Waals surface area contributed by atoms with Gasteiger partial charge in [0.1, 0.15) is 35.8 Å². The highest BCUT2D eigenvalue weighted by Gasteiger charge is 2.53. The summed E-state index contributed by atoms with van der Waals surface area (Å²) in [4.78, 5) is 44.7. The molecular weight excluding hydrogens is 1490 g/mol. The van der Waals surface area contributed by atoms with E-state index in [1.807, 2.05) is 0 Å².